The molecule has 0 unspecified atom stereocenters. The summed E-state index contributed by atoms with van der Waals surface area (Å²) in [4.78, 5) is 4.67. The van der Waals surface area contributed by atoms with E-state index >= 15 is 0 Å². The molecule has 0 atom stereocenters. The molecular weight excluding hydrogens is 274 g/mol. The number of benzene rings is 1. The maximum atomic E-state index is 6.03. The summed E-state index contributed by atoms with van der Waals surface area (Å²) in [5.74, 6) is 0.989. The molecule has 2 aromatic rings. The summed E-state index contributed by atoms with van der Waals surface area (Å²) in [5, 5.41) is 4.07. The second kappa shape index (κ2) is 6.12. The molecule has 0 saturated carbocycles. The van der Waals surface area contributed by atoms with Gasteiger partial charge in [-0.3, -0.25) is 0 Å². The van der Waals surface area contributed by atoms with Crippen LogP contribution in [0.1, 0.15) is 25.6 Å². The van der Waals surface area contributed by atoms with E-state index in [1.807, 2.05) is 18.2 Å². The fraction of sp³-hybridized carbons (Fsp3) is 0.533. The first-order valence-electron chi connectivity index (χ1n) is 7.25. The zero-order valence-electron chi connectivity index (χ0n) is 11.7. The van der Waals surface area contributed by atoms with Gasteiger partial charge in [-0.1, -0.05) is 11.6 Å². The smallest absolute Gasteiger partial charge is 0.135 e. The number of hydrogen-bond donors (Lipinski definition) is 1. The minimum Gasteiger partial charge on any atom is -0.370 e. The Labute approximate surface area is 124 Å². The number of aryl methyl sites for hydroxylation is 1. The van der Waals surface area contributed by atoms with Crippen molar-refractivity contribution in [2.75, 3.05) is 13.1 Å². The van der Waals surface area contributed by atoms with Crippen LogP contribution in [0, 0.1) is 0 Å². The molecule has 1 aromatic heterocycles. The maximum absolute atomic E-state index is 6.03. The van der Waals surface area contributed by atoms with Gasteiger partial charge in [0.05, 0.1) is 17.1 Å². The highest BCUT2D eigenvalue weighted by Gasteiger charge is 2.16. The molecule has 1 fully saturated rings. The Morgan fingerprint density at radius 2 is 2.20 bits per heavy atom. The number of imidazole rings is 1. The van der Waals surface area contributed by atoms with Crippen LogP contribution in [-0.4, -0.2) is 28.7 Å². The van der Waals surface area contributed by atoms with Crippen LogP contribution in [0.5, 0.6) is 0 Å². The Hall–Kier alpha value is -1.10. The summed E-state index contributed by atoms with van der Waals surface area (Å²) >= 11 is 6.03. The predicted molar refractivity (Wildman–Crippen MR) is 81.1 cm³/mol. The van der Waals surface area contributed by atoms with Gasteiger partial charge in [0.15, 0.2) is 0 Å². The summed E-state index contributed by atoms with van der Waals surface area (Å²) in [5.41, 5.74) is 2.07. The number of ether oxygens (including phenoxy) is 1. The monoisotopic (exact) mass is 293 g/mol. The molecule has 0 radical (unpaired) electrons. The molecule has 2 heterocycles. The quantitative estimate of drug-likeness (QED) is 0.942. The minimum atomic E-state index is 0.352. The Morgan fingerprint density at radius 3 is 2.95 bits per heavy atom. The predicted octanol–water partition coefficient (Wildman–Crippen LogP) is 2.98. The molecule has 1 aromatic carbocycles. The first-order chi connectivity index (χ1) is 9.78. The Morgan fingerprint density at radius 1 is 1.40 bits per heavy atom. The third kappa shape index (κ3) is 2.82. The number of rotatable bonds is 4. The molecule has 1 aliphatic rings. The summed E-state index contributed by atoms with van der Waals surface area (Å²) in [7, 11) is 0. The van der Waals surface area contributed by atoms with E-state index in [4.69, 9.17) is 16.3 Å². The fourth-order valence-electron chi connectivity index (χ4n) is 2.77. The normalized spacial score (nSPS) is 16.9. The van der Waals surface area contributed by atoms with E-state index in [1.54, 1.807) is 0 Å². The van der Waals surface area contributed by atoms with Crippen molar-refractivity contribution in [3.63, 3.8) is 0 Å². The van der Waals surface area contributed by atoms with Crippen LogP contribution in [0.25, 0.3) is 11.0 Å². The van der Waals surface area contributed by atoms with E-state index in [0.29, 0.717) is 12.7 Å². The second-order valence-corrected chi connectivity index (χ2v) is 5.60. The van der Waals surface area contributed by atoms with Gasteiger partial charge in [0, 0.05) is 11.6 Å². The first-order valence-corrected chi connectivity index (χ1v) is 7.62. The van der Waals surface area contributed by atoms with E-state index in [0.717, 1.165) is 54.4 Å². The Kier molecular flexibility index (Phi) is 4.24. The molecule has 108 valence electrons. The fourth-order valence-corrected chi connectivity index (χ4v) is 2.94. The summed E-state index contributed by atoms with van der Waals surface area (Å²) in [6.45, 7) is 5.69. The van der Waals surface area contributed by atoms with Crippen molar-refractivity contribution >= 4 is 22.6 Å². The van der Waals surface area contributed by atoms with Gasteiger partial charge < -0.3 is 14.6 Å². The van der Waals surface area contributed by atoms with Crippen molar-refractivity contribution in [3.8, 4) is 0 Å². The van der Waals surface area contributed by atoms with Gasteiger partial charge in [-0.2, -0.15) is 0 Å². The van der Waals surface area contributed by atoms with Crippen LogP contribution in [-0.2, 0) is 17.9 Å². The zero-order valence-corrected chi connectivity index (χ0v) is 12.5. The highest BCUT2D eigenvalue weighted by atomic mass is 35.5. The molecule has 1 saturated heterocycles. The molecule has 0 amide bonds. The maximum Gasteiger partial charge on any atom is 0.135 e. The first kappa shape index (κ1) is 13.9. The molecule has 5 heteroatoms. The standard InChI is InChI=1S/C15H20ClN3O/c1-2-19-14-4-3-11(16)9-13(14)18-15(19)10-20-12-5-7-17-8-6-12/h3-4,9,12,17H,2,5-8,10H2,1H3. The van der Waals surface area contributed by atoms with Crippen molar-refractivity contribution in [2.24, 2.45) is 0 Å². The van der Waals surface area contributed by atoms with Gasteiger partial charge in [-0.15, -0.1) is 0 Å². The molecule has 20 heavy (non-hydrogen) atoms. The van der Waals surface area contributed by atoms with Gasteiger partial charge in [0.1, 0.15) is 12.4 Å². The molecule has 3 rings (SSSR count). The molecule has 1 N–H and O–H groups in total. The molecule has 0 bridgehead atoms. The van der Waals surface area contributed by atoms with Gasteiger partial charge in [0.2, 0.25) is 0 Å². The average Bonchev–Trinajstić information content (AvgIpc) is 2.82. The number of fused-ring (bicyclic) bond motifs is 1. The molecular formula is C15H20ClN3O. The van der Waals surface area contributed by atoms with E-state index in [2.05, 4.69) is 21.8 Å². The Balaban J connectivity index is 1.79. The van der Waals surface area contributed by atoms with Gasteiger partial charge >= 0.3 is 0 Å². The number of piperidine rings is 1. The van der Waals surface area contributed by atoms with Crippen LogP contribution in [0.2, 0.25) is 5.02 Å². The SMILES string of the molecule is CCn1c(COC2CCNCC2)nc2cc(Cl)ccc21. The van der Waals surface area contributed by atoms with Crippen LogP contribution < -0.4 is 5.32 Å². The van der Waals surface area contributed by atoms with E-state index < -0.39 is 0 Å². The van der Waals surface area contributed by atoms with Crippen LogP contribution in [0.15, 0.2) is 18.2 Å². The van der Waals surface area contributed by atoms with Crippen LogP contribution >= 0.6 is 11.6 Å². The highest BCUT2D eigenvalue weighted by molar-refractivity contribution is 6.31. The minimum absolute atomic E-state index is 0.352. The average molecular weight is 294 g/mol. The van der Waals surface area contributed by atoms with E-state index in [-0.39, 0.29) is 0 Å². The van der Waals surface area contributed by atoms with Crippen molar-refractivity contribution in [3.05, 3.63) is 29.0 Å². The number of aromatic nitrogens is 2. The topological polar surface area (TPSA) is 39.1 Å². The van der Waals surface area contributed by atoms with Gasteiger partial charge in [-0.05, 0) is 51.1 Å². The van der Waals surface area contributed by atoms with E-state index in [1.165, 1.54) is 0 Å². The third-order valence-corrected chi connectivity index (χ3v) is 4.07. The molecule has 4 nitrogen and oxygen atoms in total. The van der Waals surface area contributed by atoms with Crippen molar-refractivity contribution in [2.45, 2.75) is 39.0 Å². The molecule has 1 aliphatic heterocycles. The van der Waals surface area contributed by atoms with Crippen molar-refractivity contribution in [1.82, 2.24) is 14.9 Å². The largest absolute Gasteiger partial charge is 0.370 e. The lowest BCUT2D eigenvalue weighted by atomic mass is 10.1. The summed E-state index contributed by atoms with van der Waals surface area (Å²) in [6.07, 6.45) is 2.51. The zero-order chi connectivity index (χ0) is 13.9. The Bertz CT molecular complexity index is 590. The van der Waals surface area contributed by atoms with Crippen LogP contribution in [0.4, 0.5) is 0 Å². The van der Waals surface area contributed by atoms with Gasteiger partial charge in [-0.25, -0.2) is 4.98 Å². The molecule has 0 spiro atoms. The number of halogens is 1. The number of nitrogens with zero attached hydrogens (tertiary/aromatic N) is 2. The lowest BCUT2D eigenvalue weighted by Crippen LogP contribution is -2.32. The van der Waals surface area contributed by atoms with Crippen molar-refractivity contribution in [1.29, 1.82) is 0 Å². The lowest BCUT2D eigenvalue weighted by molar-refractivity contribution is 0.0167. The van der Waals surface area contributed by atoms with Crippen LogP contribution in [0.3, 0.4) is 0 Å². The lowest BCUT2D eigenvalue weighted by Gasteiger charge is -2.22. The molecule has 0 aliphatic carbocycles. The number of nitrogens with one attached hydrogen (secondary N) is 1. The highest BCUT2D eigenvalue weighted by Crippen LogP contribution is 2.21. The van der Waals surface area contributed by atoms with Gasteiger partial charge in [0.25, 0.3) is 0 Å². The third-order valence-electron chi connectivity index (χ3n) is 3.84. The number of hydrogen-bond acceptors (Lipinski definition) is 3. The van der Waals surface area contributed by atoms with Crippen molar-refractivity contribution < 1.29 is 4.74 Å². The summed E-state index contributed by atoms with van der Waals surface area (Å²) < 4.78 is 8.22. The summed E-state index contributed by atoms with van der Waals surface area (Å²) in [6, 6.07) is 5.86. The second-order valence-electron chi connectivity index (χ2n) is 5.17. The van der Waals surface area contributed by atoms with E-state index in [9.17, 15) is 0 Å².